The van der Waals surface area contributed by atoms with Crippen LogP contribution >= 0.6 is 0 Å². The molecule has 1 fully saturated rings. The number of ether oxygens (including phenoxy) is 1. The summed E-state index contributed by atoms with van der Waals surface area (Å²) < 4.78 is 5.35. The molecule has 2 heterocycles. The van der Waals surface area contributed by atoms with Crippen molar-refractivity contribution < 1.29 is 9.53 Å². The molecule has 1 saturated heterocycles. The van der Waals surface area contributed by atoms with Gasteiger partial charge in [0.2, 0.25) is 5.95 Å². The molecule has 3 rings (SSSR count). The number of hydrogen-bond donors (Lipinski definition) is 2. The van der Waals surface area contributed by atoms with Crippen molar-refractivity contribution in [2.45, 2.75) is 33.6 Å². The second-order valence-electron chi connectivity index (χ2n) is 7.75. The minimum atomic E-state index is -0.180. The number of carbonyl (C=O) groups excluding carboxylic acids is 1. The van der Waals surface area contributed by atoms with Crippen molar-refractivity contribution in [3.63, 3.8) is 0 Å². The normalized spacial score (nSPS) is 14.8. The van der Waals surface area contributed by atoms with Crippen molar-refractivity contribution in [1.29, 1.82) is 0 Å². The maximum absolute atomic E-state index is 12.6. The summed E-state index contributed by atoms with van der Waals surface area (Å²) in [6.45, 7) is 13.0. The monoisotopic (exact) mass is 397 g/mol. The van der Waals surface area contributed by atoms with E-state index in [0.29, 0.717) is 24.1 Å². The third-order valence-corrected chi connectivity index (χ3v) is 5.07. The van der Waals surface area contributed by atoms with Crippen LogP contribution in [0.1, 0.15) is 47.1 Å². The van der Waals surface area contributed by atoms with E-state index in [1.807, 2.05) is 6.92 Å². The Kier molecular flexibility index (Phi) is 7.17. The summed E-state index contributed by atoms with van der Waals surface area (Å²) >= 11 is 0. The molecule has 1 aromatic carbocycles. The van der Waals surface area contributed by atoms with Crippen LogP contribution in [0.25, 0.3) is 0 Å². The van der Waals surface area contributed by atoms with Gasteiger partial charge in [0, 0.05) is 37.6 Å². The van der Waals surface area contributed by atoms with Crippen LogP contribution in [0.4, 0.5) is 11.6 Å². The van der Waals surface area contributed by atoms with Crippen molar-refractivity contribution in [2.24, 2.45) is 0 Å². The summed E-state index contributed by atoms with van der Waals surface area (Å²) in [5.41, 5.74) is 4.46. The maximum Gasteiger partial charge on any atom is 0.270 e. The molecule has 0 atom stereocenters. The van der Waals surface area contributed by atoms with Gasteiger partial charge in [-0.2, -0.15) is 0 Å². The third kappa shape index (κ3) is 5.74. The van der Waals surface area contributed by atoms with Crippen LogP contribution in [0.2, 0.25) is 0 Å². The quantitative estimate of drug-likeness (QED) is 0.748. The minimum absolute atomic E-state index is 0.180. The number of rotatable bonds is 7. The van der Waals surface area contributed by atoms with E-state index in [0.717, 1.165) is 49.8 Å². The summed E-state index contributed by atoms with van der Waals surface area (Å²) in [5.74, 6) is 0.630. The molecule has 1 aliphatic rings. The molecule has 0 unspecified atom stereocenters. The number of morpholine rings is 1. The Morgan fingerprint density at radius 2 is 1.97 bits per heavy atom. The fraction of sp³-hybridized carbons (Fsp3) is 0.500. The van der Waals surface area contributed by atoms with Gasteiger partial charge in [-0.15, -0.1) is 0 Å². The first kappa shape index (κ1) is 21.2. The number of para-hydroxylation sites is 1. The molecule has 0 spiro atoms. The Hall–Kier alpha value is -2.51. The Bertz CT molecular complexity index is 847. The predicted octanol–water partition coefficient (Wildman–Crippen LogP) is 3.02. The predicted molar refractivity (Wildman–Crippen MR) is 115 cm³/mol. The maximum atomic E-state index is 12.6. The molecule has 0 aliphatic carbocycles. The molecular formula is C22H31N5O2. The van der Waals surface area contributed by atoms with E-state index in [1.165, 1.54) is 5.56 Å². The van der Waals surface area contributed by atoms with Crippen molar-refractivity contribution in [3.05, 3.63) is 46.8 Å². The van der Waals surface area contributed by atoms with Crippen LogP contribution in [0.15, 0.2) is 24.3 Å². The first-order valence-electron chi connectivity index (χ1n) is 10.2. The Morgan fingerprint density at radius 1 is 1.21 bits per heavy atom. The van der Waals surface area contributed by atoms with Gasteiger partial charge in [-0.1, -0.05) is 32.0 Å². The molecule has 0 radical (unpaired) electrons. The molecule has 7 heteroatoms. The molecule has 29 heavy (non-hydrogen) atoms. The molecule has 1 aromatic heterocycles. The number of anilines is 2. The number of nitrogens with one attached hydrogen (secondary N) is 2. The van der Waals surface area contributed by atoms with Crippen LogP contribution in [0.5, 0.6) is 0 Å². The zero-order valence-electron chi connectivity index (χ0n) is 17.8. The fourth-order valence-corrected chi connectivity index (χ4v) is 3.44. The highest BCUT2D eigenvalue weighted by molar-refractivity contribution is 5.92. The van der Waals surface area contributed by atoms with Crippen LogP contribution in [0.3, 0.4) is 0 Å². The summed E-state index contributed by atoms with van der Waals surface area (Å²) in [6.07, 6.45) is 0. The van der Waals surface area contributed by atoms with Crippen LogP contribution < -0.4 is 10.6 Å². The van der Waals surface area contributed by atoms with Gasteiger partial charge in [0.15, 0.2) is 0 Å². The zero-order chi connectivity index (χ0) is 20.8. The molecule has 2 aromatic rings. The lowest BCUT2D eigenvalue weighted by molar-refractivity contribution is 0.0383. The van der Waals surface area contributed by atoms with Gasteiger partial charge in [-0.3, -0.25) is 9.69 Å². The Morgan fingerprint density at radius 3 is 2.69 bits per heavy atom. The highest BCUT2D eigenvalue weighted by Gasteiger charge is 2.15. The molecule has 2 N–H and O–H groups in total. The fourth-order valence-electron chi connectivity index (χ4n) is 3.44. The smallest absolute Gasteiger partial charge is 0.270 e. The van der Waals surface area contributed by atoms with Crippen molar-refractivity contribution >= 4 is 17.5 Å². The average molecular weight is 398 g/mol. The molecular weight excluding hydrogens is 366 g/mol. The lowest BCUT2D eigenvalue weighted by atomic mass is 9.98. The summed E-state index contributed by atoms with van der Waals surface area (Å²) in [4.78, 5) is 23.8. The molecule has 1 amide bonds. The molecule has 156 valence electrons. The topological polar surface area (TPSA) is 79.4 Å². The van der Waals surface area contributed by atoms with Crippen molar-refractivity contribution in [3.8, 4) is 0 Å². The summed E-state index contributed by atoms with van der Waals surface area (Å²) in [7, 11) is 0. The van der Waals surface area contributed by atoms with Gasteiger partial charge < -0.3 is 15.4 Å². The second-order valence-corrected chi connectivity index (χ2v) is 7.75. The van der Waals surface area contributed by atoms with E-state index < -0.39 is 0 Å². The molecule has 7 nitrogen and oxygen atoms in total. The van der Waals surface area contributed by atoms with Crippen LogP contribution in [0, 0.1) is 13.8 Å². The van der Waals surface area contributed by atoms with E-state index in [9.17, 15) is 4.79 Å². The van der Waals surface area contributed by atoms with Gasteiger partial charge in [-0.05, 0) is 37.0 Å². The van der Waals surface area contributed by atoms with Gasteiger partial charge in [0.05, 0.1) is 13.2 Å². The number of aromatic nitrogens is 2. The number of amides is 1. The minimum Gasteiger partial charge on any atom is -0.379 e. The van der Waals surface area contributed by atoms with Crippen molar-refractivity contribution in [2.75, 3.05) is 44.7 Å². The number of carbonyl (C=O) groups is 1. The first-order chi connectivity index (χ1) is 13.9. The van der Waals surface area contributed by atoms with Gasteiger partial charge >= 0.3 is 0 Å². The number of aryl methyl sites for hydroxylation is 2. The first-order valence-corrected chi connectivity index (χ1v) is 10.2. The number of benzene rings is 1. The number of hydrogen-bond acceptors (Lipinski definition) is 6. The lowest BCUT2D eigenvalue weighted by Crippen LogP contribution is -2.41. The van der Waals surface area contributed by atoms with E-state index in [2.05, 4.69) is 64.5 Å². The van der Waals surface area contributed by atoms with Gasteiger partial charge in [-0.25, -0.2) is 9.97 Å². The highest BCUT2D eigenvalue weighted by Crippen LogP contribution is 2.29. The number of nitrogens with zero attached hydrogens (tertiary/aromatic N) is 3. The molecule has 0 bridgehead atoms. The Balaban J connectivity index is 1.69. The zero-order valence-corrected chi connectivity index (χ0v) is 17.8. The molecule has 0 saturated carbocycles. The second kappa shape index (κ2) is 9.80. The van der Waals surface area contributed by atoms with Gasteiger partial charge in [0.1, 0.15) is 5.69 Å². The van der Waals surface area contributed by atoms with Crippen molar-refractivity contribution in [1.82, 2.24) is 20.2 Å². The van der Waals surface area contributed by atoms with Crippen LogP contribution in [-0.2, 0) is 4.74 Å². The summed E-state index contributed by atoms with van der Waals surface area (Å²) in [6, 6.07) is 7.94. The molecule has 1 aliphatic heterocycles. The van der Waals surface area contributed by atoms with E-state index in [1.54, 1.807) is 6.07 Å². The Labute approximate surface area is 172 Å². The SMILES string of the molecule is Cc1cc(C(=O)NCCN2CCOCC2)nc(Nc2c(C)cccc2C(C)C)n1. The highest BCUT2D eigenvalue weighted by atomic mass is 16.5. The lowest BCUT2D eigenvalue weighted by Gasteiger charge is -2.26. The van der Waals surface area contributed by atoms with E-state index in [4.69, 9.17) is 4.74 Å². The average Bonchev–Trinajstić information content (AvgIpc) is 2.69. The van der Waals surface area contributed by atoms with E-state index in [-0.39, 0.29) is 5.91 Å². The standard InChI is InChI=1S/C22H31N5O2/c1-15(2)18-7-5-6-16(3)20(18)26-22-24-17(4)14-19(25-22)21(28)23-8-9-27-10-12-29-13-11-27/h5-7,14-15H,8-13H2,1-4H3,(H,23,28)(H,24,25,26). The summed E-state index contributed by atoms with van der Waals surface area (Å²) in [5, 5.41) is 6.31. The van der Waals surface area contributed by atoms with Crippen LogP contribution in [-0.4, -0.2) is 60.2 Å². The largest absolute Gasteiger partial charge is 0.379 e. The third-order valence-electron chi connectivity index (χ3n) is 5.07. The van der Waals surface area contributed by atoms with Gasteiger partial charge in [0.25, 0.3) is 5.91 Å². The van der Waals surface area contributed by atoms with E-state index >= 15 is 0 Å².